The molecule has 0 saturated carbocycles. The van der Waals surface area contributed by atoms with E-state index in [0.717, 1.165) is 88.7 Å². The van der Waals surface area contributed by atoms with Gasteiger partial charge in [0.2, 0.25) is 0 Å². The van der Waals surface area contributed by atoms with E-state index in [1.165, 1.54) is 32.1 Å². The fourth-order valence-electron chi connectivity index (χ4n) is 14.5. The third-order valence-corrected chi connectivity index (χ3v) is 19.7. The van der Waals surface area contributed by atoms with Crippen molar-refractivity contribution in [3.05, 3.63) is 287 Å². The third-order valence-electron chi connectivity index (χ3n) is 19.7. The Morgan fingerprint density at radius 3 is 0.750 bits per heavy atom. The van der Waals surface area contributed by atoms with Gasteiger partial charge in [-0.15, -0.1) is 0 Å². The Morgan fingerprint density at radius 1 is 0.240 bits per heavy atom. The van der Waals surface area contributed by atoms with Crippen molar-refractivity contribution in [2.75, 3.05) is 19.6 Å². The molecule has 13 aromatic rings. The predicted octanol–water partition coefficient (Wildman–Crippen LogP) is 22.8. The second-order valence-electron chi connectivity index (χ2n) is 30.0. The second-order valence-corrected chi connectivity index (χ2v) is 30.0. The lowest BCUT2D eigenvalue weighted by molar-refractivity contribution is 0.0877. The molecule has 0 aliphatic carbocycles. The van der Waals surface area contributed by atoms with Gasteiger partial charge >= 0.3 is 0 Å². The predicted molar refractivity (Wildman–Crippen MR) is 398 cm³/mol. The SMILES string of the molecule is CC(C)(C)c1ccc(N(c2ccc(-c3cc4c5c(ccc6c7c(-c8ccc(N(c9ccc(C(C)(C)C)cc9)c9ccc(C(C)(C)C)cc9)cc8)cc8c9c(ccc(c3c56)c97)C(=O)N(c3ccccc3)C8=O)C(=O)N(c3ccccc3)C4=O)cc2)c2ccc(C(C)(C)C)cc2)cc1. The molecule has 0 atom stereocenters. The number of rotatable bonds is 10. The van der Waals surface area contributed by atoms with Crippen LogP contribution in [0.5, 0.6) is 0 Å². The van der Waals surface area contributed by atoms with E-state index in [-0.39, 0.29) is 21.7 Å². The largest absolute Gasteiger partial charge is 0.311 e. The molecule has 96 heavy (non-hydrogen) atoms. The van der Waals surface area contributed by atoms with Crippen LogP contribution >= 0.6 is 0 Å². The molecule has 0 aromatic heterocycles. The van der Waals surface area contributed by atoms with E-state index >= 15 is 19.2 Å². The number of anilines is 8. The molecule has 13 aromatic carbocycles. The first-order chi connectivity index (χ1) is 45.8. The average Bonchev–Trinajstić information content (AvgIpc) is 0.678. The van der Waals surface area contributed by atoms with Gasteiger partial charge in [0, 0.05) is 67.2 Å². The van der Waals surface area contributed by atoms with E-state index < -0.39 is 23.6 Å². The van der Waals surface area contributed by atoms with Crippen LogP contribution in [-0.4, -0.2) is 23.6 Å². The van der Waals surface area contributed by atoms with Crippen molar-refractivity contribution in [3.8, 4) is 22.3 Å². The van der Waals surface area contributed by atoms with Gasteiger partial charge in [0.25, 0.3) is 23.6 Å². The van der Waals surface area contributed by atoms with E-state index in [2.05, 4.69) is 238 Å². The minimum atomic E-state index is -0.432. The summed E-state index contributed by atoms with van der Waals surface area (Å²) in [6.07, 6.45) is 0. The minimum Gasteiger partial charge on any atom is -0.311 e. The normalized spacial score (nSPS) is 13.7. The fraction of sp³-hybridized carbons (Fsp3) is 0.182. The number of benzene rings is 13. The Balaban J connectivity index is 0.987. The van der Waals surface area contributed by atoms with Crippen molar-refractivity contribution in [1.29, 1.82) is 0 Å². The summed E-state index contributed by atoms with van der Waals surface area (Å²) in [6.45, 7) is 26.7. The van der Waals surface area contributed by atoms with E-state index in [1.807, 2.05) is 72.8 Å². The van der Waals surface area contributed by atoms with Gasteiger partial charge in [-0.1, -0.05) is 204 Å². The number of hydrogen-bond acceptors (Lipinski definition) is 6. The molecule has 8 nitrogen and oxygen atoms in total. The molecule has 4 amide bonds. The molecular weight excluding hydrogens is 1180 g/mol. The van der Waals surface area contributed by atoms with Gasteiger partial charge in [-0.05, 0) is 220 Å². The second kappa shape index (κ2) is 22.3. The van der Waals surface area contributed by atoms with Crippen LogP contribution in [0.3, 0.4) is 0 Å². The lowest BCUT2D eigenvalue weighted by Crippen LogP contribution is -2.40. The van der Waals surface area contributed by atoms with Gasteiger partial charge in [0.15, 0.2) is 0 Å². The van der Waals surface area contributed by atoms with Gasteiger partial charge < -0.3 is 9.80 Å². The van der Waals surface area contributed by atoms with Crippen LogP contribution in [0.2, 0.25) is 0 Å². The summed E-state index contributed by atoms with van der Waals surface area (Å²) in [6, 6.07) is 82.2. The lowest BCUT2D eigenvalue weighted by Gasteiger charge is -2.32. The van der Waals surface area contributed by atoms with Crippen molar-refractivity contribution < 1.29 is 19.2 Å². The number of para-hydroxylation sites is 2. The zero-order chi connectivity index (χ0) is 67.1. The number of imide groups is 2. The number of nitrogens with zero attached hydrogens (tertiary/aromatic N) is 4. The molecule has 0 saturated heterocycles. The van der Waals surface area contributed by atoms with Crippen LogP contribution in [0.4, 0.5) is 45.5 Å². The first kappa shape index (κ1) is 61.2. The molecule has 15 rings (SSSR count). The maximum Gasteiger partial charge on any atom is 0.266 e. The number of amides is 4. The van der Waals surface area contributed by atoms with Crippen LogP contribution in [-0.2, 0) is 21.7 Å². The maximum atomic E-state index is 15.7. The standard InChI is InChI=1S/C88H76N4O4/c1-85(2,3)55-27-39-63(40-28-55)89(64-41-29-56(30-42-64)86(4,5)6)61-35-23-53(24-36-61)71-51-73-77-69(81(93)91(83(73)95)59-19-15-13-16-20-59)50-48-68-76-72(52-74-78-70(49-47-67(80(76)78)75(71)79(68)77)82(94)92(84(74)96)60-21-17-14-18-22-60)54-25-37-62(38-26-54)90(65-43-31-57(32-44-65)87(7,8)9)66-45-33-58(34-46-66)88(10,11)12/h13-52H,1-12H3. The summed E-state index contributed by atoms with van der Waals surface area (Å²) in [5, 5.41) is 5.76. The Bertz CT molecular complexity index is 4830. The molecule has 2 aliphatic rings. The Kier molecular flexibility index (Phi) is 14.3. The van der Waals surface area contributed by atoms with Gasteiger partial charge in [-0.3, -0.25) is 19.2 Å². The molecule has 2 aliphatic heterocycles. The maximum absolute atomic E-state index is 15.7. The molecule has 0 fully saturated rings. The van der Waals surface area contributed by atoms with Crippen molar-refractivity contribution in [3.63, 3.8) is 0 Å². The number of hydrogen-bond donors (Lipinski definition) is 0. The Labute approximate surface area is 562 Å². The molecule has 0 radical (unpaired) electrons. The summed E-state index contributed by atoms with van der Waals surface area (Å²) in [4.78, 5) is 69.0. The van der Waals surface area contributed by atoms with Gasteiger partial charge in [-0.25, -0.2) is 9.80 Å². The zero-order valence-electron chi connectivity index (χ0n) is 56.5. The molecule has 2 heterocycles. The molecule has 0 bridgehead atoms. The number of fused-ring (bicyclic) bond motifs is 2. The highest BCUT2D eigenvalue weighted by Crippen LogP contribution is 2.53. The Morgan fingerprint density at radius 2 is 0.490 bits per heavy atom. The van der Waals surface area contributed by atoms with E-state index in [1.54, 1.807) is 24.3 Å². The summed E-state index contributed by atoms with van der Waals surface area (Å²) in [5.41, 5.74) is 16.4. The van der Waals surface area contributed by atoms with Crippen molar-refractivity contribution in [1.82, 2.24) is 0 Å². The average molecular weight is 1250 g/mol. The summed E-state index contributed by atoms with van der Waals surface area (Å²) in [5.74, 6) is -1.71. The van der Waals surface area contributed by atoms with Crippen LogP contribution in [0.25, 0.3) is 65.3 Å². The van der Waals surface area contributed by atoms with Crippen molar-refractivity contribution in [2.45, 2.75) is 105 Å². The summed E-state index contributed by atoms with van der Waals surface area (Å²) < 4.78 is 0. The highest BCUT2D eigenvalue weighted by atomic mass is 16.2. The van der Waals surface area contributed by atoms with E-state index in [0.29, 0.717) is 44.4 Å². The molecule has 0 unspecified atom stereocenters. The van der Waals surface area contributed by atoms with Crippen LogP contribution < -0.4 is 19.6 Å². The smallest absolute Gasteiger partial charge is 0.266 e. The zero-order valence-corrected chi connectivity index (χ0v) is 56.5. The fourth-order valence-corrected chi connectivity index (χ4v) is 14.5. The van der Waals surface area contributed by atoms with Crippen LogP contribution in [0.1, 0.15) is 147 Å². The third kappa shape index (κ3) is 10.1. The van der Waals surface area contributed by atoms with Gasteiger partial charge in [-0.2, -0.15) is 0 Å². The minimum absolute atomic E-state index is 0.0409. The van der Waals surface area contributed by atoms with E-state index in [4.69, 9.17) is 0 Å². The molecule has 472 valence electrons. The molecular formula is C88H76N4O4. The van der Waals surface area contributed by atoms with Gasteiger partial charge in [0.05, 0.1) is 11.4 Å². The van der Waals surface area contributed by atoms with Gasteiger partial charge in [0.1, 0.15) is 0 Å². The first-order valence-electron chi connectivity index (χ1n) is 33.2. The molecule has 8 heteroatoms. The van der Waals surface area contributed by atoms with Crippen LogP contribution in [0, 0.1) is 0 Å². The quantitative estimate of drug-likeness (QED) is 0.0771. The summed E-state index contributed by atoms with van der Waals surface area (Å²) in [7, 11) is 0. The molecule has 0 N–H and O–H groups in total. The highest BCUT2D eigenvalue weighted by molar-refractivity contribution is 6.47. The lowest BCUT2D eigenvalue weighted by atomic mass is 9.77. The number of carbonyl (C=O) groups excluding carboxylic acids is 4. The molecule has 0 spiro atoms. The van der Waals surface area contributed by atoms with E-state index in [9.17, 15) is 0 Å². The first-order valence-corrected chi connectivity index (χ1v) is 33.2. The Hall–Kier alpha value is -11.0. The summed E-state index contributed by atoms with van der Waals surface area (Å²) >= 11 is 0. The van der Waals surface area contributed by atoms with Crippen molar-refractivity contribution >= 4 is 112 Å². The number of carbonyl (C=O) groups is 4. The van der Waals surface area contributed by atoms with Crippen LogP contribution in [0.15, 0.2) is 243 Å². The topological polar surface area (TPSA) is 81.2 Å². The highest BCUT2D eigenvalue weighted by Gasteiger charge is 2.40. The monoisotopic (exact) mass is 1250 g/mol. The van der Waals surface area contributed by atoms with Crippen molar-refractivity contribution in [2.24, 2.45) is 0 Å².